The molecule has 0 spiro atoms. The molecular weight excluding hydrogens is 180 g/mol. The highest BCUT2D eigenvalue weighted by Gasteiger charge is 2.20. The van der Waals surface area contributed by atoms with Crippen molar-refractivity contribution in [2.45, 2.75) is 25.4 Å². The first-order valence-corrected chi connectivity index (χ1v) is 4.83. The summed E-state index contributed by atoms with van der Waals surface area (Å²) in [6, 6.07) is 4.90. The smallest absolute Gasteiger partial charge is 0.165 e. The van der Waals surface area contributed by atoms with E-state index < -0.39 is 0 Å². The zero-order valence-corrected chi connectivity index (χ0v) is 8.19. The van der Waals surface area contributed by atoms with Gasteiger partial charge in [-0.15, -0.1) is 0 Å². The van der Waals surface area contributed by atoms with Gasteiger partial charge in [0.2, 0.25) is 0 Å². The van der Waals surface area contributed by atoms with Gasteiger partial charge in [-0.2, -0.15) is 0 Å². The molecule has 1 aliphatic rings. The summed E-state index contributed by atoms with van der Waals surface area (Å²) in [4.78, 5) is 0. The van der Waals surface area contributed by atoms with Gasteiger partial charge in [0, 0.05) is 6.07 Å². The molecule has 3 heteroatoms. The highest BCUT2D eigenvalue weighted by Crippen LogP contribution is 2.34. The molecule has 0 unspecified atom stereocenters. The Hall–Kier alpha value is -1.38. The fourth-order valence-corrected chi connectivity index (χ4v) is 1.43. The minimum Gasteiger partial charge on any atom is -0.508 e. The summed E-state index contributed by atoms with van der Waals surface area (Å²) in [6.07, 6.45) is 3.72. The lowest BCUT2D eigenvalue weighted by Crippen LogP contribution is -2.24. The van der Waals surface area contributed by atoms with Crippen molar-refractivity contribution in [2.24, 2.45) is 0 Å². The van der Waals surface area contributed by atoms with Crippen LogP contribution in [0.1, 0.15) is 19.3 Å². The lowest BCUT2D eigenvalue weighted by molar-refractivity contribution is 0.116. The van der Waals surface area contributed by atoms with Crippen LogP contribution in [0.4, 0.5) is 0 Å². The summed E-state index contributed by atoms with van der Waals surface area (Å²) in [5.74, 6) is 1.52. The first kappa shape index (κ1) is 9.19. The Bertz CT molecular complexity index is 318. The second-order valence-corrected chi connectivity index (χ2v) is 3.51. The van der Waals surface area contributed by atoms with Gasteiger partial charge in [-0.1, -0.05) is 0 Å². The molecule has 0 aromatic heterocycles. The number of phenols is 1. The van der Waals surface area contributed by atoms with Gasteiger partial charge in [-0.3, -0.25) is 0 Å². The first-order chi connectivity index (χ1) is 6.79. The van der Waals surface area contributed by atoms with Crippen LogP contribution in [0.25, 0.3) is 0 Å². The highest BCUT2D eigenvalue weighted by molar-refractivity contribution is 5.45. The monoisotopic (exact) mass is 194 g/mol. The van der Waals surface area contributed by atoms with Gasteiger partial charge in [0.15, 0.2) is 11.5 Å². The Balaban J connectivity index is 2.15. The van der Waals surface area contributed by atoms with Crippen molar-refractivity contribution in [2.75, 3.05) is 7.11 Å². The second kappa shape index (κ2) is 3.78. The Morgan fingerprint density at radius 1 is 1.29 bits per heavy atom. The van der Waals surface area contributed by atoms with E-state index in [0.717, 1.165) is 12.8 Å². The molecule has 2 rings (SSSR count). The number of hydrogen-bond acceptors (Lipinski definition) is 3. The lowest BCUT2D eigenvalue weighted by atomic mass is 9.96. The van der Waals surface area contributed by atoms with E-state index in [9.17, 15) is 5.11 Å². The summed E-state index contributed by atoms with van der Waals surface area (Å²) in [6.45, 7) is 0. The lowest BCUT2D eigenvalue weighted by Gasteiger charge is -2.27. The number of benzene rings is 1. The molecule has 0 radical (unpaired) electrons. The maximum Gasteiger partial charge on any atom is 0.165 e. The molecule has 76 valence electrons. The summed E-state index contributed by atoms with van der Waals surface area (Å²) >= 11 is 0. The minimum absolute atomic E-state index is 0.208. The van der Waals surface area contributed by atoms with Crippen molar-refractivity contribution < 1.29 is 14.6 Å². The Morgan fingerprint density at radius 2 is 2.07 bits per heavy atom. The van der Waals surface area contributed by atoms with E-state index in [1.807, 2.05) is 0 Å². The molecule has 1 saturated carbocycles. The van der Waals surface area contributed by atoms with Crippen LogP contribution in [0.5, 0.6) is 17.2 Å². The molecule has 0 aliphatic heterocycles. The largest absolute Gasteiger partial charge is 0.508 e. The van der Waals surface area contributed by atoms with Crippen molar-refractivity contribution in [3.8, 4) is 17.2 Å². The number of aromatic hydroxyl groups is 1. The van der Waals surface area contributed by atoms with Gasteiger partial charge in [0.1, 0.15) is 5.75 Å². The van der Waals surface area contributed by atoms with E-state index in [2.05, 4.69) is 0 Å². The van der Waals surface area contributed by atoms with Crippen LogP contribution in [-0.2, 0) is 0 Å². The van der Waals surface area contributed by atoms with Crippen molar-refractivity contribution in [3.63, 3.8) is 0 Å². The SMILES string of the molecule is COc1ccc(O)cc1OC1CCC1. The van der Waals surface area contributed by atoms with Crippen LogP contribution in [0.3, 0.4) is 0 Å². The molecule has 0 heterocycles. The number of phenolic OH excluding ortho intramolecular Hbond substituents is 1. The van der Waals surface area contributed by atoms with Crippen LogP contribution in [0.2, 0.25) is 0 Å². The highest BCUT2D eigenvalue weighted by atomic mass is 16.5. The minimum atomic E-state index is 0.208. The fourth-order valence-electron chi connectivity index (χ4n) is 1.43. The molecule has 0 amide bonds. The normalized spacial score (nSPS) is 16.1. The van der Waals surface area contributed by atoms with Gasteiger partial charge in [-0.25, -0.2) is 0 Å². The molecule has 0 atom stereocenters. The third-order valence-electron chi connectivity index (χ3n) is 2.49. The van der Waals surface area contributed by atoms with Gasteiger partial charge >= 0.3 is 0 Å². The standard InChI is InChI=1S/C11H14O3/c1-13-10-6-5-8(12)7-11(10)14-9-3-2-4-9/h5-7,9,12H,2-4H2,1H3. The van der Waals surface area contributed by atoms with Gasteiger partial charge in [-0.05, 0) is 31.4 Å². The molecule has 14 heavy (non-hydrogen) atoms. The van der Waals surface area contributed by atoms with Crippen LogP contribution >= 0.6 is 0 Å². The molecule has 1 aromatic rings. The molecule has 0 bridgehead atoms. The summed E-state index contributed by atoms with van der Waals surface area (Å²) in [7, 11) is 1.60. The van der Waals surface area contributed by atoms with E-state index in [-0.39, 0.29) is 5.75 Å². The third-order valence-corrected chi connectivity index (χ3v) is 2.49. The fraction of sp³-hybridized carbons (Fsp3) is 0.455. The van der Waals surface area contributed by atoms with E-state index in [4.69, 9.17) is 9.47 Å². The molecule has 0 saturated heterocycles. The topological polar surface area (TPSA) is 38.7 Å². The molecular formula is C11H14O3. The Kier molecular flexibility index (Phi) is 2.48. The van der Waals surface area contributed by atoms with Crippen LogP contribution in [-0.4, -0.2) is 18.3 Å². The third kappa shape index (κ3) is 1.76. The average molecular weight is 194 g/mol. The van der Waals surface area contributed by atoms with E-state index in [1.165, 1.54) is 6.42 Å². The quantitative estimate of drug-likeness (QED) is 0.802. The molecule has 1 aliphatic carbocycles. The summed E-state index contributed by atoms with van der Waals surface area (Å²) < 4.78 is 10.8. The zero-order chi connectivity index (χ0) is 9.97. The van der Waals surface area contributed by atoms with Gasteiger partial charge < -0.3 is 14.6 Å². The van der Waals surface area contributed by atoms with Crippen molar-refractivity contribution >= 4 is 0 Å². The maximum atomic E-state index is 9.30. The number of hydrogen-bond donors (Lipinski definition) is 1. The molecule has 1 fully saturated rings. The number of methoxy groups -OCH3 is 1. The predicted octanol–water partition coefficient (Wildman–Crippen LogP) is 2.33. The Morgan fingerprint density at radius 3 is 2.64 bits per heavy atom. The maximum absolute atomic E-state index is 9.30. The van der Waals surface area contributed by atoms with Gasteiger partial charge in [0.05, 0.1) is 13.2 Å². The van der Waals surface area contributed by atoms with Gasteiger partial charge in [0.25, 0.3) is 0 Å². The molecule has 1 N–H and O–H groups in total. The molecule has 1 aromatic carbocycles. The van der Waals surface area contributed by atoms with E-state index in [1.54, 1.807) is 25.3 Å². The first-order valence-electron chi connectivity index (χ1n) is 4.83. The Labute approximate surface area is 83.3 Å². The van der Waals surface area contributed by atoms with E-state index in [0.29, 0.717) is 17.6 Å². The van der Waals surface area contributed by atoms with Crippen molar-refractivity contribution in [3.05, 3.63) is 18.2 Å². The van der Waals surface area contributed by atoms with Crippen LogP contribution < -0.4 is 9.47 Å². The van der Waals surface area contributed by atoms with Crippen LogP contribution in [0.15, 0.2) is 18.2 Å². The summed E-state index contributed by atoms with van der Waals surface area (Å²) in [5, 5.41) is 9.30. The van der Waals surface area contributed by atoms with Crippen molar-refractivity contribution in [1.82, 2.24) is 0 Å². The average Bonchev–Trinajstić information content (AvgIpc) is 2.12. The molecule has 3 nitrogen and oxygen atoms in total. The zero-order valence-electron chi connectivity index (χ0n) is 8.19. The number of ether oxygens (including phenoxy) is 2. The van der Waals surface area contributed by atoms with Crippen molar-refractivity contribution in [1.29, 1.82) is 0 Å². The number of rotatable bonds is 3. The van der Waals surface area contributed by atoms with E-state index >= 15 is 0 Å². The van der Waals surface area contributed by atoms with Crippen LogP contribution in [0, 0.1) is 0 Å². The second-order valence-electron chi connectivity index (χ2n) is 3.51. The summed E-state index contributed by atoms with van der Waals surface area (Å²) in [5.41, 5.74) is 0. The predicted molar refractivity (Wildman–Crippen MR) is 52.9 cm³/mol.